The van der Waals surface area contributed by atoms with E-state index in [0.29, 0.717) is 5.41 Å². The lowest BCUT2D eigenvalue weighted by Gasteiger charge is -2.57. The van der Waals surface area contributed by atoms with Crippen LogP contribution < -0.4 is 0 Å². The molecule has 0 radical (unpaired) electrons. The molecule has 4 aliphatic carbocycles. The Hall–Kier alpha value is -0.600. The van der Waals surface area contributed by atoms with Gasteiger partial charge in [-0.15, -0.1) is 4.91 Å². The van der Waals surface area contributed by atoms with Gasteiger partial charge < -0.3 is 0 Å². The van der Waals surface area contributed by atoms with Crippen molar-refractivity contribution >= 4 is 0 Å². The molecule has 0 amide bonds. The average molecular weight is 208 g/mol. The van der Waals surface area contributed by atoms with Gasteiger partial charge in [0, 0.05) is 13.6 Å². The molecule has 0 atom stereocenters. The van der Waals surface area contributed by atoms with Crippen LogP contribution >= 0.6 is 0 Å². The molecule has 15 heavy (non-hydrogen) atoms. The van der Waals surface area contributed by atoms with Gasteiger partial charge in [-0.1, -0.05) is 0 Å². The molecule has 0 N–H and O–H groups in total. The van der Waals surface area contributed by atoms with Gasteiger partial charge in [0.25, 0.3) is 0 Å². The van der Waals surface area contributed by atoms with E-state index in [1.807, 2.05) is 7.05 Å². The Morgan fingerprint density at radius 1 is 1.13 bits per heavy atom. The first-order valence-corrected chi connectivity index (χ1v) is 6.23. The van der Waals surface area contributed by atoms with Gasteiger partial charge in [-0.25, -0.2) is 0 Å². The van der Waals surface area contributed by atoms with Gasteiger partial charge >= 0.3 is 0 Å². The molecule has 0 saturated heterocycles. The predicted octanol–water partition coefficient (Wildman–Crippen LogP) is 2.82. The summed E-state index contributed by atoms with van der Waals surface area (Å²) in [7, 11) is 1.82. The molecule has 4 bridgehead atoms. The Morgan fingerprint density at radius 3 is 2.00 bits per heavy atom. The van der Waals surface area contributed by atoms with E-state index in [2.05, 4.69) is 5.29 Å². The van der Waals surface area contributed by atoms with Crippen molar-refractivity contribution in [2.24, 2.45) is 28.5 Å². The molecule has 3 heteroatoms. The van der Waals surface area contributed by atoms with Crippen LogP contribution in [0.1, 0.15) is 38.5 Å². The number of rotatable bonds is 3. The zero-order valence-corrected chi connectivity index (χ0v) is 9.48. The van der Waals surface area contributed by atoms with Crippen molar-refractivity contribution in [1.29, 1.82) is 0 Å². The van der Waals surface area contributed by atoms with Crippen LogP contribution in [0.15, 0.2) is 5.29 Å². The Morgan fingerprint density at radius 2 is 1.60 bits per heavy atom. The minimum absolute atomic E-state index is 0.456. The number of hydrogen-bond donors (Lipinski definition) is 0. The van der Waals surface area contributed by atoms with E-state index >= 15 is 0 Å². The number of nitrogens with zero attached hydrogens (tertiary/aromatic N) is 2. The van der Waals surface area contributed by atoms with Crippen LogP contribution in [0.3, 0.4) is 0 Å². The van der Waals surface area contributed by atoms with E-state index in [1.165, 1.54) is 38.5 Å². The number of nitroso groups, excluding NO2 is 1. The fourth-order valence-electron chi connectivity index (χ4n) is 5.00. The average Bonchev–Trinajstić information content (AvgIpc) is 2.14. The van der Waals surface area contributed by atoms with Crippen LogP contribution in [0, 0.1) is 28.1 Å². The first-order chi connectivity index (χ1) is 7.19. The summed E-state index contributed by atoms with van der Waals surface area (Å²) < 4.78 is 0. The van der Waals surface area contributed by atoms with Gasteiger partial charge in [-0.05, 0) is 61.7 Å². The fourth-order valence-corrected chi connectivity index (χ4v) is 5.00. The molecular formula is C12H20N2O. The molecular weight excluding hydrogens is 188 g/mol. The fraction of sp³-hybridized carbons (Fsp3) is 1.00. The van der Waals surface area contributed by atoms with Crippen LogP contribution in [0.2, 0.25) is 0 Å². The summed E-state index contributed by atoms with van der Waals surface area (Å²) in [6.45, 7) is 0.903. The predicted molar refractivity (Wildman–Crippen MR) is 59.0 cm³/mol. The summed E-state index contributed by atoms with van der Waals surface area (Å²) in [5.74, 6) is 2.91. The van der Waals surface area contributed by atoms with Crippen LogP contribution in [-0.4, -0.2) is 18.6 Å². The molecule has 4 aliphatic rings. The largest absolute Gasteiger partial charge is 0.263 e. The van der Waals surface area contributed by atoms with Gasteiger partial charge in [0.15, 0.2) is 0 Å². The van der Waals surface area contributed by atoms with Crippen molar-refractivity contribution in [3.05, 3.63) is 4.91 Å². The Kier molecular flexibility index (Phi) is 2.05. The summed E-state index contributed by atoms with van der Waals surface area (Å²) >= 11 is 0. The van der Waals surface area contributed by atoms with Gasteiger partial charge in [0.2, 0.25) is 0 Å². The van der Waals surface area contributed by atoms with Crippen molar-refractivity contribution in [3.63, 3.8) is 0 Å². The van der Waals surface area contributed by atoms with E-state index < -0.39 is 0 Å². The highest BCUT2D eigenvalue weighted by Crippen LogP contribution is 2.60. The maximum atomic E-state index is 10.5. The second-order valence-electron chi connectivity index (χ2n) is 6.31. The zero-order chi connectivity index (χ0) is 10.5. The zero-order valence-electron chi connectivity index (χ0n) is 9.48. The van der Waals surface area contributed by atoms with Crippen molar-refractivity contribution < 1.29 is 0 Å². The maximum absolute atomic E-state index is 10.5. The normalized spacial score (nSPS) is 46.9. The Balaban J connectivity index is 1.78. The highest BCUT2D eigenvalue weighted by atomic mass is 16.3. The van der Waals surface area contributed by atoms with E-state index in [-0.39, 0.29) is 0 Å². The summed E-state index contributed by atoms with van der Waals surface area (Å²) in [6, 6.07) is 0. The molecule has 4 saturated carbocycles. The first-order valence-electron chi connectivity index (χ1n) is 6.23. The second kappa shape index (κ2) is 3.19. The van der Waals surface area contributed by atoms with E-state index in [9.17, 15) is 4.91 Å². The highest BCUT2D eigenvalue weighted by Gasteiger charge is 2.51. The van der Waals surface area contributed by atoms with E-state index in [4.69, 9.17) is 0 Å². The number of hydrogen-bond acceptors (Lipinski definition) is 2. The SMILES string of the molecule is CN(CC12CC3CC(CC(C3)C1)C2)N=O. The Labute approximate surface area is 91.2 Å². The van der Waals surface area contributed by atoms with Crippen molar-refractivity contribution in [1.82, 2.24) is 5.01 Å². The molecule has 0 aromatic carbocycles. The van der Waals surface area contributed by atoms with Crippen molar-refractivity contribution in [3.8, 4) is 0 Å². The lowest BCUT2D eigenvalue weighted by molar-refractivity contribution is -0.0661. The second-order valence-corrected chi connectivity index (χ2v) is 6.31. The first kappa shape index (κ1) is 9.61. The van der Waals surface area contributed by atoms with Crippen LogP contribution in [0.5, 0.6) is 0 Å². The third-order valence-electron chi connectivity index (χ3n) is 4.87. The van der Waals surface area contributed by atoms with Crippen LogP contribution in [0.25, 0.3) is 0 Å². The molecule has 4 fully saturated rings. The molecule has 0 heterocycles. The molecule has 0 spiro atoms. The Bertz CT molecular complexity index is 242. The van der Waals surface area contributed by atoms with Gasteiger partial charge in [-0.2, -0.15) is 0 Å². The van der Waals surface area contributed by atoms with Gasteiger partial charge in [0.1, 0.15) is 0 Å². The van der Waals surface area contributed by atoms with E-state index in [0.717, 1.165) is 24.3 Å². The monoisotopic (exact) mass is 208 g/mol. The van der Waals surface area contributed by atoms with Gasteiger partial charge in [0.05, 0.1) is 5.29 Å². The molecule has 4 rings (SSSR count). The molecule has 3 nitrogen and oxygen atoms in total. The molecule has 0 aliphatic heterocycles. The summed E-state index contributed by atoms with van der Waals surface area (Å²) in [5, 5.41) is 4.67. The molecule has 0 aromatic rings. The van der Waals surface area contributed by atoms with Gasteiger partial charge in [-0.3, -0.25) is 5.01 Å². The quantitative estimate of drug-likeness (QED) is 0.527. The van der Waals surface area contributed by atoms with Crippen molar-refractivity contribution in [2.75, 3.05) is 13.6 Å². The molecule has 0 unspecified atom stereocenters. The highest BCUT2D eigenvalue weighted by molar-refractivity contribution is 5.02. The molecule has 84 valence electrons. The maximum Gasteiger partial charge on any atom is 0.0521 e. The lowest BCUT2D eigenvalue weighted by Crippen LogP contribution is -2.49. The summed E-state index contributed by atoms with van der Waals surface area (Å²) in [5.41, 5.74) is 0.456. The molecule has 0 aromatic heterocycles. The van der Waals surface area contributed by atoms with E-state index in [1.54, 1.807) is 5.01 Å². The standard InChI is InChI=1S/C12H20N2O/c1-14(13-15)8-12-5-9-2-10(6-12)4-11(3-9)7-12/h9-11H,2-8H2,1H3. The third-order valence-corrected chi connectivity index (χ3v) is 4.87. The summed E-state index contributed by atoms with van der Waals surface area (Å²) in [4.78, 5) is 10.5. The van der Waals surface area contributed by atoms with Crippen LogP contribution in [-0.2, 0) is 0 Å². The minimum atomic E-state index is 0.456. The topological polar surface area (TPSA) is 32.7 Å². The lowest BCUT2D eigenvalue weighted by atomic mass is 9.49. The van der Waals surface area contributed by atoms with Crippen LogP contribution in [0.4, 0.5) is 0 Å². The smallest absolute Gasteiger partial charge is 0.0521 e. The summed E-state index contributed by atoms with van der Waals surface area (Å²) in [6.07, 6.45) is 8.49. The minimum Gasteiger partial charge on any atom is -0.263 e. The van der Waals surface area contributed by atoms with Crippen molar-refractivity contribution in [2.45, 2.75) is 38.5 Å². The third kappa shape index (κ3) is 1.56.